The highest BCUT2D eigenvalue weighted by Gasteiger charge is 2.12. The number of anilines is 1. The van der Waals surface area contributed by atoms with E-state index >= 15 is 0 Å². The third-order valence-electron chi connectivity index (χ3n) is 2.80. The Morgan fingerprint density at radius 3 is 2.65 bits per heavy atom. The molecule has 0 aromatic heterocycles. The molecule has 0 amide bonds. The standard InChI is InChI=1S/C13H22N2O2/c1-10(2)15(6-7-16)9-11-8-12(14)4-5-13(11)17-3/h4-5,8,10,16H,6-7,9,14H2,1-3H3. The van der Waals surface area contributed by atoms with Gasteiger partial charge in [0.05, 0.1) is 13.7 Å². The van der Waals surface area contributed by atoms with Crippen molar-refractivity contribution in [1.82, 2.24) is 4.90 Å². The Morgan fingerprint density at radius 2 is 2.12 bits per heavy atom. The van der Waals surface area contributed by atoms with Crippen LogP contribution in [0.25, 0.3) is 0 Å². The molecule has 1 aromatic rings. The number of nitrogens with zero attached hydrogens (tertiary/aromatic N) is 1. The number of methoxy groups -OCH3 is 1. The lowest BCUT2D eigenvalue weighted by Crippen LogP contribution is -2.33. The lowest BCUT2D eigenvalue weighted by atomic mass is 10.1. The third-order valence-corrected chi connectivity index (χ3v) is 2.80. The highest BCUT2D eigenvalue weighted by molar-refractivity contribution is 5.47. The van der Waals surface area contributed by atoms with Gasteiger partial charge in [-0.3, -0.25) is 4.90 Å². The fourth-order valence-electron chi connectivity index (χ4n) is 1.79. The Bertz CT molecular complexity index is 353. The van der Waals surface area contributed by atoms with Gasteiger partial charge in [-0.25, -0.2) is 0 Å². The number of ether oxygens (including phenoxy) is 1. The summed E-state index contributed by atoms with van der Waals surface area (Å²) in [5.74, 6) is 0.836. The molecule has 1 aromatic carbocycles. The number of aliphatic hydroxyl groups excluding tert-OH is 1. The first kappa shape index (κ1) is 13.8. The van der Waals surface area contributed by atoms with Gasteiger partial charge in [0.15, 0.2) is 0 Å². The van der Waals surface area contributed by atoms with Gasteiger partial charge in [-0.1, -0.05) is 0 Å². The van der Waals surface area contributed by atoms with E-state index in [2.05, 4.69) is 18.7 Å². The van der Waals surface area contributed by atoms with Gasteiger partial charge in [0, 0.05) is 30.4 Å². The minimum absolute atomic E-state index is 0.156. The molecular formula is C13H22N2O2. The molecule has 0 heterocycles. The van der Waals surface area contributed by atoms with E-state index in [1.54, 1.807) is 7.11 Å². The molecule has 0 unspecified atom stereocenters. The fourth-order valence-corrected chi connectivity index (χ4v) is 1.79. The van der Waals surface area contributed by atoms with Crippen molar-refractivity contribution < 1.29 is 9.84 Å². The molecule has 0 atom stereocenters. The van der Waals surface area contributed by atoms with E-state index in [0.717, 1.165) is 23.5 Å². The highest BCUT2D eigenvalue weighted by Crippen LogP contribution is 2.23. The van der Waals surface area contributed by atoms with Crippen LogP contribution in [0.3, 0.4) is 0 Å². The van der Waals surface area contributed by atoms with E-state index in [0.29, 0.717) is 12.6 Å². The summed E-state index contributed by atoms with van der Waals surface area (Å²) < 4.78 is 5.31. The predicted octanol–water partition coefficient (Wildman–Crippen LogP) is 1.48. The van der Waals surface area contributed by atoms with Gasteiger partial charge < -0.3 is 15.6 Å². The summed E-state index contributed by atoms with van der Waals surface area (Å²) in [6.07, 6.45) is 0. The number of nitrogens with two attached hydrogens (primary N) is 1. The minimum atomic E-state index is 0.156. The van der Waals surface area contributed by atoms with Crippen molar-refractivity contribution in [2.45, 2.75) is 26.4 Å². The third kappa shape index (κ3) is 3.91. The summed E-state index contributed by atoms with van der Waals surface area (Å²) in [5, 5.41) is 9.05. The first-order chi connectivity index (χ1) is 8.08. The smallest absolute Gasteiger partial charge is 0.123 e. The molecule has 0 aliphatic carbocycles. The monoisotopic (exact) mass is 238 g/mol. The summed E-state index contributed by atoms with van der Waals surface area (Å²) in [5.41, 5.74) is 7.57. The van der Waals surface area contributed by atoms with E-state index in [1.165, 1.54) is 0 Å². The average molecular weight is 238 g/mol. The first-order valence-electron chi connectivity index (χ1n) is 5.85. The maximum Gasteiger partial charge on any atom is 0.123 e. The van der Waals surface area contributed by atoms with Crippen molar-refractivity contribution in [2.75, 3.05) is 26.0 Å². The Labute approximate surface area is 103 Å². The maximum absolute atomic E-state index is 9.05. The van der Waals surface area contributed by atoms with Gasteiger partial charge >= 0.3 is 0 Å². The molecule has 0 radical (unpaired) electrons. The zero-order valence-corrected chi connectivity index (χ0v) is 10.8. The van der Waals surface area contributed by atoms with Crippen molar-refractivity contribution in [2.24, 2.45) is 0 Å². The van der Waals surface area contributed by atoms with Crippen LogP contribution in [0.15, 0.2) is 18.2 Å². The van der Waals surface area contributed by atoms with Crippen molar-refractivity contribution in [3.63, 3.8) is 0 Å². The minimum Gasteiger partial charge on any atom is -0.496 e. The number of rotatable bonds is 6. The molecular weight excluding hydrogens is 216 g/mol. The largest absolute Gasteiger partial charge is 0.496 e. The lowest BCUT2D eigenvalue weighted by molar-refractivity contribution is 0.158. The van der Waals surface area contributed by atoms with Gasteiger partial charge in [-0.2, -0.15) is 0 Å². The Balaban J connectivity index is 2.87. The lowest BCUT2D eigenvalue weighted by Gasteiger charge is -2.26. The van der Waals surface area contributed by atoms with Crippen molar-refractivity contribution in [3.8, 4) is 5.75 Å². The predicted molar refractivity (Wildman–Crippen MR) is 70.0 cm³/mol. The molecule has 0 aliphatic rings. The van der Waals surface area contributed by atoms with Crippen LogP contribution >= 0.6 is 0 Å². The normalized spacial score (nSPS) is 11.2. The van der Waals surface area contributed by atoms with Crippen molar-refractivity contribution in [1.29, 1.82) is 0 Å². The van der Waals surface area contributed by atoms with Crippen LogP contribution in [0.1, 0.15) is 19.4 Å². The number of hydrogen-bond donors (Lipinski definition) is 2. The summed E-state index contributed by atoms with van der Waals surface area (Å²) in [7, 11) is 1.65. The summed E-state index contributed by atoms with van der Waals surface area (Å²) in [6.45, 7) is 5.74. The fraction of sp³-hybridized carbons (Fsp3) is 0.538. The molecule has 0 saturated heterocycles. The van der Waals surface area contributed by atoms with Crippen LogP contribution in [-0.4, -0.2) is 36.3 Å². The van der Waals surface area contributed by atoms with Gasteiger partial charge in [-0.15, -0.1) is 0 Å². The number of nitrogen functional groups attached to an aromatic ring is 1. The SMILES string of the molecule is COc1ccc(N)cc1CN(CCO)C(C)C. The van der Waals surface area contributed by atoms with E-state index in [4.69, 9.17) is 15.6 Å². The molecule has 1 rings (SSSR count). The van der Waals surface area contributed by atoms with Crippen LogP contribution < -0.4 is 10.5 Å². The van der Waals surface area contributed by atoms with E-state index < -0.39 is 0 Å². The molecule has 17 heavy (non-hydrogen) atoms. The number of aliphatic hydroxyl groups is 1. The molecule has 0 fully saturated rings. The Morgan fingerprint density at radius 1 is 1.41 bits per heavy atom. The summed E-state index contributed by atoms with van der Waals surface area (Å²) in [6, 6.07) is 6.00. The summed E-state index contributed by atoms with van der Waals surface area (Å²) in [4.78, 5) is 2.18. The zero-order valence-electron chi connectivity index (χ0n) is 10.8. The van der Waals surface area contributed by atoms with Crippen LogP contribution in [-0.2, 0) is 6.54 Å². The number of benzene rings is 1. The zero-order chi connectivity index (χ0) is 12.8. The molecule has 4 heteroatoms. The molecule has 0 bridgehead atoms. The molecule has 0 aliphatic heterocycles. The van der Waals surface area contributed by atoms with Gasteiger partial charge in [0.25, 0.3) is 0 Å². The highest BCUT2D eigenvalue weighted by atomic mass is 16.5. The molecule has 0 spiro atoms. The molecule has 96 valence electrons. The first-order valence-corrected chi connectivity index (χ1v) is 5.85. The number of hydrogen-bond acceptors (Lipinski definition) is 4. The van der Waals surface area contributed by atoms with E-state index in [9.17, 15) is 0 Å². The average Bonchev–Trinajstić information content (AvgIpc) is 2.28. The molecule has 0 saturated carbocycles. The van der Waals surface area contributed by atoms with E-state index in [1.807, 2.05) is 18.2 Å². The van der Waals surface area contributed by atoms with E-state index in [-0.39, 0.29) is 6.61 Å². The van der Waals surface area contributed by atoms with Crippen LogP contribution in [0.5, 0.6) is 5.75 Å². The second kappa shape index (κ2) is 6.47. The molecule has 3 N–H and O–H groups in total. The van der Waals surface area contributed by atoms with Crippen LogP contribution in [0.2, 0.25) is 0 Å². The van der Waals surface area contributed by atoms with Crippen molar-refractivity contribution in [3.05, 3.63) is 23.8 Å². The molecule has 4 nitrogen and oxygen atoms in total. The maximum atomic E-state index is 9.05. The topological polar surface area (TPSA) is 58.7 Å². The Kier molecular flexibility index (Phi) is 5.25. The Hall–Kier alpha value is -1.26. The van der Waals surface area contributed by atoms with Crippen LogP contribution in [0.4, 0.5) is 5.69 Å². The van der Waals surface area contributed by atoms with Crippen LogP contribution in [0, 0.1) is 0 Å². The summed E-state index contributed by atoms with van der Waals surface area (Å²) >= 11 is 0. The second-order valence-electron chi connectivity index (χ2n) is 4.36. The van der Waals surface area contributed by atoms with Gasteiger partial charge in [-0.05, 0) is 32.0 Å². The van der Waals surface area contributed by atoms with Crippen molar-refractivity contribution >= 4 is 5.69 Å². The quantitative estimate of drug-likeness (QED) is 0.737. The van der Waals surface area contributed by atoms with Gasteiger partial charge in [0.1, 0.15) is 5.75 Å². The van der Waals surface area contributed by atoms with Gasteiger partial charge in [0.2, 0.25) is 0 Å². The second-order valence-corrected chi connectivity index (χ2v) is 4.36.